The summed E-state index contributed by atoms with van der Waals surface area (Å²) >= 11 is 0. The van der Waals surface area contributed by atoms with E-state index in [4.69, 9.17) is 9.47 Å². The van der Waals surface area contributed by atoms with Gasteiger partial charge in [-0.05, 0) is 44.9 Å². The fourth-order valence-electron chi connectivity index (χ4n) is 3.35. The molecule has 0 radical (unpaired) electrons. The van der Waals surface area contributed by atoms with Gasteiger partial charge in [-0.1, -0.05) is 0 Å². The van der Waals surface area contributed by atoms with Crippen molar-refractivity contribution in [3.8, 4) is 11.5 Å². The minimum Gasteiger partial charge on any atom is -0.494 e. The Morgan fingerprint density at radius 1 is 1.38 bits per heavy atom. The summed E-state index contributed by atoms with van der Waals surface area (Å²) in [7, 11) is 1.78. The van der Waals surface area contributed by atoms with Gasteiger partial charge in [-0.2, -0.15) is 5.10 Å². The van der Waals surface area contributed by atoms with Crippen LogP contribution in [-0.2, 0) is 19.5 Å². The number of hydrogen-bond acceptors (Lipinski definition) is 4. The topological polar surface area (TPSA) is 72.7 Å². The molecule has 160 valence electrons. The number of nitrogens with one attached hydrogen (secondary N) is 2. The van der Waals surface area contributed by atoms with E-state index < -0.39 is 0 Å². The van der Waals surface area contributed by atoms with Crippen molar-refractivity contribution >= 4 is 29.9 Å². The van der Waals surface area contributed by atoms with E-state index in [-0.39, 0.29) is 30.1 Å². The molecular weight excluding hydrogens is 481 g/mol. The number of aryl methyl sites for hydroxylation is 2. The van der Waals surface area contributed by atoms with Gasteiger partial charge in [-0.25, -0.2) is 0 Å². The molecule has 0 saturated heterocycles. The average molecular weight is 513 g/mol. The molecule has 0 bridgehead atoms. The summed E-state index contributed by atoms with van der Waals surface area (Å²) in [5, 5.41) is 11.0. The van der Waals surface area contributed by atoms with Gasteiger partial charge in [0.15, 0.2) is 5.96 Å². The van der Waals surface area contributed by atoms with Crippen LogP contribution in [0.5, 0.6) is 11.5 Å². The van der Waals surface area contributed by atoms with Crippen LogP contribution in [0.25, 0.3) is 0 Å². The average Bonchev–Trinajstić information content (AvgIpc) is 3.25. The summed E-state index contributed by atoms with van der Waals surface area (Å²) in [5.41, 5.74) is 3.48. The third-order valence-electron chi connectivity index (χ3n) is 4.67. The highest BCUT2D eigenvalue weighted by Crippen LogP contribution is 2.35. The van der Waals surface area contributed by atoms with Gasteiger partial charge in [-0.3, -0.25) is 9.67 Å². The van der Waals surface area contributed by atoms with E-state index in [0.717, 1.165) is 49.0 Å². The first-order valence-corrected chi connectivity index (χ1v) is 9.98. The van der Waals surface area contributed by atoms with Crippen molar-refractivity contribution in [2.75, 3.05) is 20.2 Å². The molecule has 1 aliphatic rings. The third kappa shape index (κ3) is 6.52. The summed E-state index contributed by atoms with van der Waals surface area (Å²) in [6.45, 7) is 9.11. The molecular formula is C21H32IN5O2. The molecule has 1 unspecified atom stereocenters. The highest BCUT2D eigenvalue weighted by atomic mass is 127. The van der Waals surface area contributed by atoms with E-state index >= 15 is 0 Å². The Kier molecular flexibility index (Phi) is 9.06. The first kappa shape index (κ1) is 23.3. The van der Waals surface area contributed by atoms with Gasteiger partial charge in [0.25, 0.3) is 0 Å². The van der Waals surface area contributed by atoms with Crippen molar-refractivity contribution in [3.63, 3.8) is 0 Å². The first-order valence-electron chi connectivity index (χ1n) is 9.98. The fraction of sp³-hybridized carbons (Fsp3) is 0.524. The van der Waals surface area contributed by atoms with Gasteiger partial charge >= 0.3 is 0 Å². The Morgan fingerprint density at radius 2 is 2.21 bits per heavy atom. The number of aromatic nitrogens is 2. The molecule has 2 N–H and O–H groups in total. The van der Waals surface area contributed by atoms with Crippen LogP contribution in [0.1, 0.15) is 37.0 Å². The molecule has 2 aromatic rings. The minimum absolute atomic E-state index is 0. The monoisotopic (exact) mass is 513 g/mol. The van der Waals surface area contributed by atoms with Crippen molar-refractivity contribution in [1.29, 1.82) is 0 Å². The normalized spacial score (nSPS) is 15.3. The lowest BCUT2D eigenvalue weighted by molar-refractivity contribution is 0.254. The molecule has 0 fully saturated rings. The summed E-state index contributed by atoms with van der Waals surface area (Å²) < 4.78 is 13.7. The zero-order valence-corrected chi connectivity index (χ0v) is 20.0. The molecule has 0 spiro atoms. The number of rotatable bonds is 8. The smallest absolute Gasteiger partial charge is 0.191 e. The highest BCUT2D eigenvalue weighted by Gasteiger charge is 2.21. The number of ether oxygens (including phenoxy) is 2. The molecule has 7 nitrogen and oxygen atoms in total. The largest absolute Gasteiger partial charge is 0.494 e. The standard InChI is InChI=1S/C21H31N5O2.HI/c1-5-27-19-10-17-9-16(3)28-20(17)11-18(19)13-24-21(22-4)23-7-6-8-26-14-15(2)12-25-26;/h10-12,14,16H,5-9,13H2,1-4H3,(H2,22,23,24);1H. The fourth-order valence-corrected chi connectivity index (χ4v) is 3.35. The lowest BCUT2D eigenvalue weighted by Crippen LogP contribution is -2.37. The lowest BCUT2D eigenvalue weighted by Gasteiger charge is -2.15. The number of hydrogen-bond donors (Lipinski definition) is 2. The van der Waals surface area contributed by atoms with Gasteiger partial charge in [0, 0.05) is 50.4 Å². The first-order chi connectivity index (χ1) is 13.6. The maximum absolute atomic E-state index is 5.90. The number of halogens is 1. The van der Waals surface area contributed by atoms with Crippen LogP contribution in [0.3, 0.4) is 0 Å². The van der Waals surface area contributed by atoms with Crippen LogP contribution in [0.4, 0.5) is 0 Å². The SMILES string of the molecule is CCOc1cc2c(cc1CNC(=NC)NCCCn1cc(C)cn1)OC(C)C2.I. The third-order valence-corrected chi connectivity index (χ3v) is 4.67. The second kappa shape index (κ2) is 11.3. The molecule has 1 atom stereocenters. The second-order valence-electron chi connectivity index (χ2n) is 7.12. The van der Waals surface area contributed by atoms with E-state index in [0.29, 0.717) is 13.2 Å². The molecule has 0 aliphatic carbocycles. The van der Waals surface area contributed by atoms with Crippen LogP contribution in [0.15, 0.2) is 29.5 Å². The maximum Gasteiger partial charge on any atom is 0.191 e. The number of guanidine groups is 1. The molecule has 0 saturated carbocycles. The van der Waals surface area contributed by atoms with Crippen molar-refractivity contribution in [3.05, 3.63) is 41.2 Å². The van der Waals surface area contributed by atoms with Gasteiger partial charge < -0.3 is 20.1 Å². The molecule has 2 heterocycles. The van der Waals surface area contributed by atoms with Gasteiger partial charge in [0.2, 0.25) is 0 Å². The van der Waals surface area contributed by atoms with Crippen LogP contribution < -0.4 is 20.1 Å². The molecule has 1 aliphatic heterocycles. The predicted molar refractivity (Wildman–Crippen MR) is 127 cm³/mol. The van der Waals surface area contributed by atoms with E-state index in [2.05, 4.69) is 52.9 Å². The molecule has 8 heteroatoms. The number of aliphatic imine (C=N–C) groups is 1. The molecule has 3 rings (SSSR count). The van der Waals surface area contributed by atoms with E-state index in [9.17, 15) is 0 Å². The van der Waals surface area contributed by atoms with Crippen LogP contribution in [0.2, 0.25) is 0 Å². The summed E-state index contributed by atoms with van der Waals surface area (Å²) in [6, 6.07) is 4.20. The lowest BCUT2D eigenvalue weighted by atomic mass is 10.1. The Bertz CT molecular complexity index is 821. The summed E-state index contributed by atoms with van der Waals surface area (Å²) in [6.07, 6.45) is 6.06. The van der Waals surface area contributed by atoms with Crippen LogP contribution in [0, 0.1) is 6.92 Å². The number of nitrogens with zero attached hydrogens (tertiary/aromatic N) is 3. The van der Waals surface area contributed by atoms with Gasteiger partial charge in [-0.15, -0.1) is 24.0 Å². The molecule has 29 heavy (non-hydrogen) atoms. The minimum atomic E-state index is 0. The van der Waals surface area contributed by atoms with E-state index in [1.165, 1.54) is 11.1 Å². The van der Waals surface area contributed by atoms with Gasteiger partial charge in [0.05, 0.1) is 12.8 Å². The summed E-state index contributed by atoms with van der Waals surface area (Å²) in [4.78, 5) is 4.31. The Labute approximate surface area is 190 Å². The van der Waals surface area contributed by atoms with Crippen molar-refractivity contribution in [2.45, 2.75) is 52.8 Å². The van der Waals surface area contributed by atoms with E-state index in [1.807, 2.05) is 17.8 Å². The number of fused-ring (bicyclic) bond motifs is 1. The van der Waals surface area contributed by atoms with Crippen molar-refractivity contribution < 1.29 is 9.47 Å². The maximum atomic E-state index is 5.90. The quantitative estimate of drug-likeness (QED) is 0.246. The summed E-state index contributed by atoms with van der Waals surface area (Å²) in [5.74, 6) is 2.65. The van der Waals surface area contributed by atoms with Crippen LogP contribution in [-0.4, -0.2) is 42.0 Å². The Hall–Kier alpha value is -1.97. The van der Waals surface area contributed by atoms with Crippen molar-refractivity contribution in [2.24, 2.45) is 4.99 Å². The second-order valence-corrected chi connectivity index (χ2v) is 7.12. The van der Waals surface area contributed by atoms with E-state index in [1.54, 1.807) is 7.05 Å². The number of benzene rings is 1. The Morgan fingerprint density at radius 3 is 2.90 bits per heavy atom. The molecule has 1 aromatic carbocycles. The van der Waals surface area contributed by atoms with Crippen LogP contribution >= 0.6 is 24.0 Å². The molecule has 1 aromatic heterocycles. The highest BCUT2D eigenvalue weighted by molar-refractivity contribution is 14.0. The zero-order chi connectivity index (χ0) is 19.9. The molecule has 0 amide bonds. The predicted octanol–water partition coefficient (Wildman–Crippen LogP) is 3.29. The Balaban J connectivity index is 0.00000300. The zero-order valence-electron chi connectivity index (χ0n) is 17.7. The van der Waals surface area contributed by atoms with Gasteiger partial charge in [0.1, 0.15) is 17.6 Å². The van der Waals surface area contributed by atoms with Crippen molar-refractivity contribution in [1.82, 2.24) is 20.4 Å².